The second kappa shape index (κ2) is 9.10. The zero-order chi connectivity index (χ0) is 19.2. The fourth-order valence-corrected chi connectivity index (χ4v) is 3.22. The maximum absolute atomic E-state index is 11.4. The van der Waals surface area contributed by atoms with Gasteiger partial charge < -0.3 is 15.4 Å². The van der Waals surface area contributed by atoms with Crippen LogP contribution in [-0.4, -0.2) is 5.91 Å². The van der Waals surface area contributed by atoms with Crippen molar-refractivity contribution in [3.63, 3.8) is 0 Å². The topological polar surface area (TPSA) is 50.4 Å². The molecule has 0 fully saturated rings. The fraction of sp³-hybridized carbons (Fsp3) is 0.0952. The minimum absolute atomic E-state index is 0.0936. The third-order valence-corrected chi connectivity index (χ3v) is 4.70. The van der Waals surface area contributed by atoms with E-state index in [4.69, 9.17) is 16.3 Å². The first-order valence-corrected chi connectivity index (χ1v) is 9.79. The van der Waals surface area contributed by atoms with Crippen LogP contribution < -0.4 is 15.4 Å². The van der Waals surface area contributed by atoms with Crippen LogP contribution in [0.15, 0.2) is 66.7 Å². The SMILES string of the molecule is CC(=O)Nc1ccc(I)cc1CNc1ccccc1Oc1ccc(Cl)cc1. The van der Waals surface area contributed by atoms with Gasteiger partial charge in [0.2, 0.25) is 5.91 Å². The van der Waals surface area contributed by atoms with Crippen molar-refractivity contribution in [1.29, 1.82) is 0 Å². The zero-order valence-corrected chi connectivity index (χ0v) is 17.5. The smallest absolute Gasteiger partial charge is 0.221 e. The van der Waals surface area contributed by atoms with Gasteiger partial charge in [-0.3, -0.25) is 4.79 Å². The number of ether oxygens (including phenoxy) is 1. The summed E-state index contributed by atoms with van der Waals surface area (Å²) in [6, 6.07) is 20.9. The minimum atomic E-state index is -0.0936. The molecule has 0 unspecified atom stereocenters. The summed E-state index contributed by atoms with van der Waals surface area (Å²) >= 11 is 8.19. The van der Waals surface area contributed by atoms with Gasteiger partial charge in [-0.15, -0.1) is 0 Å². The average molecular weight is 493 g/mol. The Kier molecular flexibility index (Phi) is 6.58. The number of amides is 1. The molecule has 4 nitrogen and oxygen atoms in total. The van der Waals surface area contributed by atoms with Gasteiger partial charge in [0.25, 0.3) is 0 Å². The first-order valence-electron chi connectivity index (χ1n) is 8.33. The van der Waals surface area contributed by atoms with E-state index >= 15 is 0 Å². The number of halogens is 2. The van der Waals surface area contributed by atoms with Crippen LogP contribution in [0.3, 0.4) is 0 Å². The van der Waals surface area contributed by atoms with E-state index in [1.165, 1.54) is 6.92 Å². The summed E-state index contributed by atoms with van der Waals surface area (Å²) in [6.45, 7) is 2.05. The molecule has 0 aliphatic rings. The van der Waals surface area contributed by atoms with Crippen molar-refractivity contribution in [3.8, 4) is 11.5 Å². The van der Waals surface area contributed by atoms with Crippen LogP contribution in [0.25, 0.3) is 0 Å². The molecule has 0 heterocycles. The molecule has 0 spiro atoms. The van der Waals surface area contributed by atoms with Crippen LogP contribution in [0, 0.1) is 3.57 Å². The molecule has 6 heteroatoms. The lowest BCUT2D eigenvalue weighted by Crippen LogP contribution is -2.10. The number of carbonyl (C=O) groups excluding carboxylic acids is 1. The molecule has 0 saturated carbocycles. The fourth-order valence-electron chi connectivity index (χ4n) is 2.54. The molecular formula is C21H18ClIN2O2. The predicted octanol–water partition coefficient (Wildman–Crippen LogP) is 6.31. The van der Waals surface area contributed by atoms with E-state index in [1.54, 1.807) is 12.1 Å². The summed E-state index contributed by atoms with van der Waals surface area (Å²) in [4.78, 5) is 11.4. The highest BCUT2D eigenvalue weighted by molar-refractivity contribution is 14.1. The molecule has 27 heavy (non-hydrogen) atoms. The van der Waals surface area contributed by atoms with Gasteiger partial charge in [-0.2, -0.15) is 0 Å². The highest BCUT2D eigenvalue weighted by Crippen LogP contribution is 2.31. The van der Waals surface area contributed by atoms with Crippen LogP contribution in [0.2, 0.25) is 5.02 Å². The molecule has 0 aliphatic carbocycles. The molecular weight excluding hydrogens is 475 g/mol. The summed E-state index contributed by atoms with van der Waals surface area (Å²) in [7, 11) is 0. The van der Waals surface area contributed by atoms with Gasteiger partial charge in [0.05, 0.1) is 5.69 Å². The molecule has 2 N–H and O–H groups in total. The van der Waals surface area contributed by atoms with Crippen molar-refractivity contribution >= 4 is 51.5 Å². The molecule has 0 bridgehead atoms. The third kappa shape index (κ3) is 5.61. The van der Waals surface area contributed by atoms with Crippen LogP contribution in [0.1, 0.15) is 12.5 Å². The lowest BCUT2D eigenvalue weighted by atomic mass is 10.1. The summed E-state index contributed by atoms with van der Waals surface area (Å²) in [5.41, 5.74) is 2.66. The van der Waals surface area contributed by atoms with E-state index in [9.17, 15) is 4.79 Å². The van der Waals surface area contributed by atoms with Crippen molar-refractivity contribution < 1.29 is 9.53 Å². The second-order valence-electron chi connectivity index (χ2n) is 5.89. The van der Waals surface area contributed by atoms with Crippen molar-refractivity contribution in [2.24, 2.45) is 0 Å². The van der Waals surface area contributed by atoms with E-state index in [0.717, 1.165) is 20.5 Å². The zero-order valence-electron chi connectivity index (χ0n) is 14.6. The monoisotopic (exact) mass is 492 g/mol. The Hall–Kier alpha value is -2.25. The predicted molar refractivity (Wildman–Crippen MR) is 119 cm³/mol. The van der Waals surface area contributed by atoms with Crippen molar-refractivity contribution in [1.82, 2.24) is 0 Å². The number of hydrogen-bond donors (Lipinski definition) is 2. The number of rotatable bonds is 6. The van der Waals surface area contributed by atoms with Gasteiger partial charge in [0.1, 0.15) is 5.75 Å². The number of nitrogens with one attached hydrogen (secondary N) is 2. The minimum Gasteiger partial charge on any atom is -0.455 e. The molecule has 3 aromatic carbocycles. The number of para-hydroxylation sites is 2. The number of anilines is 2. The number of hydrogen-bond acceptors (Lipinski definition) is 3. The van der Waals surface area contributed by atoms with Crippen molar-refractivity contribution in [2.45, 2.75) is 13.5 Å². The van der Waals surface area contributed by atoms with Gasteiger partial charge in [0, 0.05) is 27.7 Å². The lowest BCUT2D eigenvalue weighted by Gasteiger charge is -2.15. The standard InChI is InChI=1S/C21H18ClIN2O2/c1-14(26)25-19-11-8-17(23)12-15(19)13-24-20-4-2-3-5-21(20)27-18-9-6-16(22)7-10-18/h2-12,24H,13H2,1H3,(H,25,26). The van der Waals surface area contributed by atoms with E-state index in [0.29, 0.717) is 23.1 Å². The van der Waals surface area contributed by atoms with Crippen molar-refractivity contribution in [3.05, 3.63) is 80.9 Å². The first-order chi connectivity index (χ1) is 13.0. The van der Waals surface area contributed by atoms with Crippen LogP contribution in [0.4, 0.5) is 11.4 Å². The molecule has 138 valence electrons. The van der Waals surface area contributed by atoms with Crippen LogP contribution >= 0.6 is 34.2 Å². The Balaban J connectivity index is 1.78. The molecule has 0 aliphatic heterocycles. The Labute approximate surface area is 177 Å². The summed E-state index contributed by atoms with van der Waals surface area (Å²) in [5, 5.41) is 6.93. The van der Waals surface area contributed by atoms with Crippen LogP contribution in [-0.2, 0) is 11.3 Å². The quantitative estimate of drug-likeness (QED) is 0.397. The van der Waals surface area contributed by atoms with Gasteiger partial charge in [0.15, 0.2) is 5.75 Å². The second-order valence-corrected chi connectivity index (χ2v) is 7.57. The highest BCUT2D eigenvalue weighted by Gasteiger charge is 2.08. The Morgan fingerprint density at radius 2 is 1.78 bits per heavy atom. The van der Waals surface area contributed by atoms with E-state index in [2.05, 4.69) is 33.2 Å². The maximum atomic E-state index is 11.4. The maximum Gasteiger partial charge on any atom is 0.221 e. The first kappa shape index (κ1) is 19.5. The Bertz CT molecular complexity index is 945. The van der Waals surface area contributed by atoms with E-state index in [1.807, 2.05) is 54.6 Å². The molecule has 3 rings (SSSR count). The largest absolute Gasteiger partial charge is 0.455 e. The third-order valence-electron chi connectivity index (χ3n) is 3.78. The van der Waals surface area contributed by atoms with Crippen LogP contribution in [0.5, 0.6) is 11.5 Å². The van der Waals surface area contributed by atoms with E-state index in [-0.39, 0.29) is 5.91 Å². The van der Waals surface area contributed by atoms with E-state index < -0.39 is 0 Å². The van der Waals surface area contributed by atoms with Gasteiger partial charge in [-0.25, -0.2) is 0 Å². The van der Waals surface area contributed by atoms with Crippen molar-refractivity contribution in [2.75, 3.05) is 10.6 Å². The Morgan fingerprint density at radius 3 is 2.52 bits per heavy atom. The molecule has 0 radical (unpaired) electrons. The summed E-state index contributed by atoms with van der Waals surface area (Å²) in [5.74, 6) is 1.33. The lowest BCUT2D eigenvalue weighted by molar-refractivity contribution is -0.114. The average Bonchev–Trinajstić information content (AvgIpc) is 2.64. The van der Waals surface area contributed by atoms with Gasteiger partial charge in [-0.1, -0.05) is 23.7 Å². The Morgan fingerprint density at radius 1 is 1.04 bits per heavy atom. The molecule has 0 atom stereocenters. The molecule has 1 amide bonds. The van der Waals surface area contributed by atoms with Gasteiger partial charge >= 0.3 is 0 Å². The van der Waals surface area contributed by atoms with Gasteiger partial charge in [-0.05, 0) is 82.8 Å². The molecule has 3 aromatic rings. The normalized spacial score (nSPS) is 10.3. The number of benzene rings is 3. The summed E-state index contributed by atoms with van der Waals surface area (Å²) in [6.07, 6.45) is 0. The molecule has 0 aromatic heterocycles. The highest BCUT2D eigenvalue weighted by atomic mass is 127. The number of carbonyl (C=O) groups is 1. The molecule has 0 saturated heterocycles. The summed E-state index contributed by atoms with van der Waals surface area (Å²) < 4.78 is 7.08.